The van der Waals surface area contributed by atoms with Crippen molar-refractivity contribution >= 4 is 17.2 Å². The fourth-order valence-corrected chi connectivity index (χ4v) is 4.48. The van der Waals surface area contributed by atoms with Gasteiger partial charge in [-0.3, -0.25) is 9.69 Å². The van der Waals surface area contributed by atoms with Crippen molar-refractivity contribution in [1.29, 1.82) is 5.26 Å². The van der Waals surface area contributed by atoms with Crippen LogP contribution in [0, 0.1) is 18.3 Å². The van der Waals surface area contributed by atoms with E-state index in [4.69, 9.17) is 9.15 Å². The van der Waals surface area contributed by atoms with E-state index in [1.807, 2.05) is 53.6 Å². The van der Waals surface area contributed by atoms with Crippen LogP contribution >= 0.6 is 11.3 Å². The van der Waals surface area contributed by atoms with Crippen LogP contribution in [0.1, 0.15) is 23.1 Å². The maximum absolute atomic E-state index is 12.8. The Morgan fingerprint density at radius 3 is 2.58 bits per heavy atom. The van der Waals surface area contributed by atoms with Crippen molar-refractivity contribution in [3.05, 3.63) is 58.8 Å². The summed E-state index contributed by atoms with van der Waals surface area (Å²) in [7, 11) is 1.62. The Labute approximate surface area is 185 Å². The molecule has 3 aromatic rings. The van der Waals surface area contributed by atoms with E-state index in [2.05, 4.69) is 16.0 Å². The normalized spacial score (nSPS) is 15.5. The molecule has 1 atom stereocenters. The highest BCUT2D eigenvalue weighted by molar-refractivity contribution is 7.13. The maximum atomic E-state index is 12.8. The van der Waals surface area contributed by atoms with E-state index in [1.54, 1.807) is 7.11 Å². The lowest BCUT2D eigenvalue weighted by Crippen LogP contribution is -2.49. The second-order valence-corrected chi connectivity index (χ2v) is 8.31. The van der Waals surface area contributed by atoms with Crippen LogP contribution in [0.25, 0.3) is 10.8 Å². The molecule has 0 aliphatic carbocycles. The van der Waals surface area contributed by atoms with Crippen LogP contribution in [0.4, 0.5) is 0 Å². The molecule has 3 heterocycles. The number of amides is 1. The number of aromatic nitrogens is 1. The van der Waals surface area contributed by atoms with Gasteiger partial charge in [0.25, 0.3) is 0 Å². The first-order valence-electron chi connectivity index (χ1n) is 10.1. The van der Waals surface area contributed by atoms with Crippen LogP contribution in [0.15, 0.2) is 46.2 Å². The van der Waals surface area contributed by atoms with E-state index < -0.39 is 0 Å². The second-order valence-electron chi connectivity index (χ2n) is 7.45. The fraction of sp³-hybridized carbons (Fsp3) is 0.348. The molecule has 160 valence electrons. The summed E-state index contributed by atoms with van der Waals surface area (Å²) in [5, 5.41) is 12.4. The zero-order chi connectivity index (χ0) is 21.8. The minimum absolute atomic E-state index is 0.0603. The third-order valence-corrected chi connectivity index (χ3v) is 6.33. The van der Waals surface area contributed by atoms with E-state index in [0.29, 0.717) is 26.2 Å². The number of nitrogens with zero attached hydrogens (tertiary/aromatic N) is 4. The van der Waals surface area contributed by atoms with E-state index in [9.17, 15) is 10.1 Å². The summed E-state index contributed by atoms with van der Waals surface area (Å²) in [5.74, 6) is 2.40. The summed E-state index contributed by atoms with van der Waals surface area (Å²) in [6.45, 7) is 4.41. The van der Waals surface area contributed by atoms with Gasteiger partial charge in [-0.25, -0.2) is 4.98 Å². The highest BCUT2D eigenvalue weighted by Gasteiger charge is 2.27. The Morgan fingerprint density at radius 1 is 1.23 bits per heavy atom. The Bertz CT molecular complexity index is 1070. The predicted octanol–water partition coefficient (Wildman–Crippen LogP) is 3.67. The largest absolute Gasteiger partial charge is 0.497 e. The molecule has 0 N–H and O–H groups in total. The minimum Gasteiger partial charge on any atom is -0.497 e. The summed E-state index contributed by atoms with van der Waals surface area (Å²) in [6, 6.07) is 13.4. The van der Waals surface area contributed by atoms with Crippen molar-refractivity contribution < 1.29 is 13.9 Å². The molecular weight excluding hydrogens is 412 g/mol. The lowest BCUT2D eigenvalue weighted by molar-refractivity contribution is -0.132. The van der Waals surface area contributed by atoms with Gasteiger partial charge < -0.3 is 14.1 Å². The lowest BCUT2D eigenvalue weighted by Gasteiger charge is -2.37. The van der Waals surface area contributed by atoms with Crippen LogP contribution in [0.5, 0.6) is 5.75 Å². The standard InChI is InChI=1S/C23H24N4O3S/c1-16-3-8-21(30-16)23-25-18(15-31-23)13-22(28)27-11-9-26(10-12-27)20(14-24)17-4-6-19(29-2)7-5-17/h3-8,15,20H,9-13H2,1-2H3. The van der Waals surface area contributed by atoms with Gasteiger partial charge in [0.05, 0.1) is 25.3 Å². The van der Waals surface area contributed by atoms with Crippen molar-refractivity contribution in [1.82, 2.24) is 14.8 Å². The number of hydrogen-bond acceptors (Lipinski definition) is 7. The summed E-state index contributed by atoms with van der Waals surface area (Å²) in [6.07, 6.45) is 0.274. The first-order valence-corrected chi connectivity index (χ1v) is 11.0. The molecule has 2 aromatic heterocycles. The second kappa shape index (κ2) is 9.33. The van der Waals surface area contributed by atoms with Gasteiger partial charge >= 0.3 is 0 Å². The predicted molar refractivity (Wildman–Crippen MR) is 118 cm³/mol. The van der Waals surface area contributed by atoms with Crippen LogP contribution in [0.2, 0.25) is 0 Å². The average Bonchev–Trinajstić information content (AvgIpc) is 3.44. The third kappa shape index (κ3) is 4.79. The van der Waals surface area contributed by atoms with Gasteiger partial charge in [0, 0.05) is 31.6 Å². The molecule has 4 rings (SSSR count). The van der Waals surface area contributed by atoms with Gasteiger partial charge in [0.2, 0.25) is 5.91 Å². The molecule has 1 unspecified atom stereocenters. The number of carbonyl (C=O) groups excluding carboxylic acids is 1. The van der Waals surface area contributed by atoms with Crippen molar-refractivity contribution in [2.24, 2.45) is 0 Å². The molecule has 0 saturated carbocycles. The first-order chi connectivity index (χ1) is 15.1. The van der Waals surface area contributed by atoms with Crippen molar-refractivity contribution in [3.63, 3.8) is 0 Å². The van der Waals surface area contributed by atoms with Gasteiger partial charge in [-0.1, -0.05) is 12.1 Å². The van der Waals surface area contributed by atoms with Gasteiger partial charge in [-0.15, -0.1) is 11.3 Å². The fourth-order valence-electron chi connectivity index (χ4n) is 3.70. The molecule has 7 nitrogen and oxygen atoms in total. The van der Waals surface area contributed by atoms with Gasteiger partial charge in [-0.05, 0) is 36.8 Å². The molecule has 0 radical (unpaired) electrons. The summed E-state index contributed by atoms with van der Waals surface area (Å²) >= 11 is 1.48. The summed E-state index contributed by atoms with van der Waals surface area (Å²) in [4.78, 5) is 21.3. The third-order valence-electron chi connectivity index (χ3n) is 5.42. The Kier molecular flexibility index (Phi) is 6.35. The van der Waals surface area contributed by atoms with Crippen molar-refractivity contribution in [3.8, 4) is 22.6 Å². The molecule has 1 amide bonds. The topological polar surface area (TPSA) is 82.6 Å². The van der Waals surface area contributed by atoms with Crippen LogP contribution in [0.3, 0.4) is 0 Å². The molecule has 1 aliphatic heterocycles. The Hall–Kier alpha value is -3.15. The average molecular weight is 437 g/mol. The smallest absolute Gasteiger partial charge is 0.228 e. The zero-order valence-corrected chi connectivity index (χ0v) is 18.4. The molecule has 1 fully saturated rings. The Balaban J connectivity index is 1.33. The monoisotopic (exact) mass is 436 g/mol. The number of aryl methyl sites for hydroxylation is 1. The highest BCUT2D eigenvalue weighted by Crippen LogP contribution is 2.27. The molecular formula is C23H24N4O3S. The quantitative estimate of drug-likeness (QED) is 0.586. The number of thiazole rings is 1. The van der Waals surface area contributed by atoms with E-state index in [-0.39, 0.29) is 18.4 Å². The van der Waals surface area contributed by atoms with Crippen molar-refractivity contribution in [2.75, 3.05) is 33.3 Å². The zero-order valence-electron chi connectivity index (χ0n) is 17.6. The van der Waals surface area contributed by atoms with Crippen molar-refractivity contribution in [2.45, 2.75) is 19.4 Å². The minimum atomic E-state index is -0.332. The SMILES string of the molecule is COc1ccc(C(C#N)N2CCN(C(=O)Cc3csc(-c4ccc(C)o4)n3)CC2)cc1. The van der Waals surface area contributed by atoms with E-state index >= 15 is 0 Å². The summed E-state index contributed by atoms with van der Waals surface area (Å²) in [5.41, 5.74) is 1.70. The molecule has 1 aliphatic rings. The van der Waals surface area contributed by atoms with Gasteiger partial charge in [-0.2, -0.15) is 5.26 Å². The van der Waals surface area contributed by atoms with E-state index in [0.717, 1.165) is 33.5 Å². The molecule has 0 spiro atoms. The van der Waals surface area contributed by atoms with Crippen LogP contribution < -0.4 is 4.74 Å². The number of ether oxygens (including phenoxy) is 1. The highest BCUT2D eigenvalue weighted by atomic mass is 32.1. The number of benzene rings is 1. The Morgan fingerprint density at radius 2 is 1.97 bits per heavy atom. The molecule has 0 bridgehead atoms. The molecule has 31 heavy (non-hydrogen) atoms. The van der Waals surface area contributed by atoms with Crippen LogP contribution in [-0.4, -0.2) is 54.0 Å². The van der Waals surface area contributed by atoms with Crippen LogP contribution in [-0.2, 0) is 11.2 Å². The number of hydrogen-bond donors (Lipinski definition) is 0. The molecule has 1 saturated heterocycles. The summed E-state index contributed by atoms with van der Waals surface area (Å²) < 4.78 is 10.8. The van der Waals surface area contributed by atoms with Gasteiger partial charge in [0.1, 0.15) is 17.6 Å². The molecule has 1 aromatic carbocycles. The first kappa shape index (κ1) is 21.1. The number of furan rings is 1. The lowest BCUT2D eigenvalue weighted by atomic mass is 10.1. The maximum Gasteiger partial charge on any atom is 0.228 e. The number of carbonyl (C=O) groups is 1. The van der Waals surface area contributed by atoms with E-state index in [1.165, 1.54) is 11.3 Å². The molecule has 8 heteroatoms. The number of nitriles is 1. The number of piperazine rings is 1. The number of methoxy groups -OCH3 is 1. The van der Waals surface area contributed by atoms with Gasteiger partial charge in [0.15, 0.2) is 10.8 Å². The number of rotatable bonds is 6.